The Hall–Kier alpha value is -1.57. The molecule has 1 heterocycles. The van der Waals surface area contributed by atoms with Gasteiger partial charge < -0.3 is 0 Å². The summed E-state index contributed by atoms with van der Waals surface area (Å²) in [5.74, 6) is 0. The Labute approximate surface area is 90.3 Å². The van der Waals surface area contributed by atoms with Gasteiger partial charge in [-0.05, 0) is 49.9 Å². The highest BCUT2D eigenvalue weighted by atomic mass is 15.1. The molecule has 2 rings (SSSR count). The average Bonchev–Trinajstić information content (AvgIpc) is 2.58. The average molecular weight is 200 g/mol. The molecule has 1 aromatic carbocycles. The number of hydrogen-bond donors (Lipinski definition) is 1. The maximum atomic E-state index is 4.07. The van der Waals surface area contributed by atoms with Crippen LogP contribution in [0.1, 0.15) is 22.4 Å². The van der Waals surface area contributed by atoms with E-state index in [1.165, 1.54) is 27.8 Å². The van der Waals surface area contributed by atoms with Crippen molar-refractivity contribution in [2.45, 2.75) is 27.7 Å². The van der Waals surface area contributed by atoms with Crippen molar-refractivity contribution in [2.24, 2.45) is 0 Å². The number of hydrogen-bond acceptors (Lipinski definition) is 1. The number of rotatable bonds is 1. The molecular formula is C13H16N2. The summed E-state index contributed by atoms with van der Waals surface area (Å²) in [6, 6.07) is 4.47. The molecule has 0 aliphatic rings. The van der Waals surface area contributed by atoms with Crippen LogP contribution in [-0.4, -0.2) is 10.2 Å². The molecule has 2 nitrogen and oxygen atoms in total. The number of nitrogens with zero attached hydrogens (tertiary/aromatic N) is 1. The molecule has 0 saturated carbocycles. The van der Waals surface area contributed by atoms with Crippen LogP contribution in [0.15, 0.2) is 18.3 Å². The van der Waals surface area contributed by atoms with Gasteiger partial charge in [-0.2, -0.15) is 5.10 Å². The van der Waals surface area contributed by atoms with Crippen LogP contribution in [0, 0.1) is 27.7 Å². The van der Waals surface area contributed by atoms with Gasteiger partial charge in [-0.3, -0.25) is 5.10 Å². The fourth-order valence-corrected chi connectivity index (χ4v) is 1.87. The smallest absolute Gasteiger partial charge is 0.0568 e. The van der Waals surface area contributed by atoms with Crippen molar-refractivity contribution in [1.29, 1.82) is 0 Å². The highest BCUT2D eigenvalue weighted by Gasteiger charge is 2.08. The van der Waals surface area contributed by atoms with Gasteiger partial charge in [0.05, 0.1) is 6.20 Å². The maximum absolute atomic E-state index is 4.07. The maximum Gasteiger partial charge on any atom is 0.0568 e. The van der Waals surface area contributed by atoms with Gasteiger partial charge in [0, 0.05) is 11.3 Å². The molecule has 78 valence electrons. The van der Waals surface area contributed by atoms with E-state index >= 15 is 0 Å². The standard InChI is InChI=1S/C13H16N2/c1-8-5-10(3)12(6-9(8)2)13-7-14-15-11(13)4/h5-7H,1-4H3,(H,14,15). The molecule has 15 heavy (non-hydrogen) atoms. The third-order valence-electron chi connectivity index (χ3n) is 2.96. The molecule has 0 unspecified atom stereocenters. The molecule has 0 aliphatic carbocycles. The van der Waals surface area contributed by atoms with E-state index in [1.807, 2.05) is 6.20 Å². The zero-order valence-corrected chi connectivity index (χ0v) is 9.68. The molecule has 0 bridgehead atoms. The molecule has 2 aromatic rings. The first-order chi connectivity index (χ1) is 7.09. The molecule has 0 aliphatic heterocycles. The predicted octanol–water partition coefficient (Wildman–Crippen LogP) is 3.31. The van der Waals surface area contributed by atoms with Gasteiger partial charge in [-0.1, -0.05) is 12.1 Å². The first-order valence-electron chi connectivity index (χ1n) is 5.18. The van der Waals surface area contributed by atoms with Crippen LogP contribution in [0.4, 0.5) is 0 Å². The van der Waals surface area contributed by atoms with E-state index in [1.54, 1.807) is 0 Å². The molecule has 0 atom stereocenters. The summed E-state index contributed by atoms with van der Waals surface area (Å²) in [4.78, 5) is 0. The normalized spacial score (nSPS) is 10.7. The molecule has 0 amide bonds. The highest BCUT2D eigenvalue weighted by molar-refractivity contribution is 5.69. The van der Waals surface area contributed by atoms with Crippen molar-refractivity contribution in [1.82, 2.24) is 10.2 Å². The minimum absolute atomic E-state index is 1.13. The fraction of sp³-hybridized carbons (Fsp3) is 0.308. The van der Waals surface area contributed by atoms with Crippen molar-refractivity contribution < 1.29 is 0 Å². The fourth-order valence-electron chi connectivity index (χ4n) is 1.87. The third-order valence-corrected chi connectivity index (χ3v) is 2.96. The van der Waals surface area contributed by atoms with E-state index < -0.39 is 0 Å². The zero-order chi connectivity index (χ0) is 11.0. The van der Waals surface area contributed by atoms with Gasteiger partial charge in [0.1, 0.15) is 0 Å². The van der Waals surface area contributed by atoms with Crippen molar-refractivity contribution in [3.63, 3.8) is 0 Å². The van der Waals surface area contributed by atoms with Crippen molar-refractivity contribution in [2.75, 3.05) is 0 Å². The molecule has 1 N–H and O–H groups in total. The van der Waals surface area contributed by atoms with Crippen molar-refractivity contribution >= 4 is 0 Å². The van der Waals surface area contributed by atoms with E-state index in [9.17, 15) is 0 Å². The van der Waals surface area contributed by atoms with Crippen LogP contribution in [-0.2, 0) is 0 Å². The van der Waals surface area contributed by atoms with E-state index in [4.69, 9.17) is 0 Å². The molecule has 0 radical (unpaired) electrons. The lowest BCUT2D eigenvalue weighted by atomic mass is 9.96. The first kappa shape index (κ1) is 9.97. The lowest BCUT2D eigenvalue weighted by Crippen LogP contribution is -1.89. The Balaban J connectivity index is 2.64. The summed E-state index contributed by atoms with van der Waals surface area (Å²) in [5.41, 5.74) is 7.59. The van der Waals surface area contributed by atoms with Gasteiger partial charge in [-0.15, -0.1) is 0 Å². The lowest BCUT2D eigenvalue weighted by molar-refractivity contribution is 1.05. The minimum atomic E-state index is 1.13. The summed E-state index contributed by atoms with van der Waals surface area (Å²) < 4.78 is 0. The van der Waals surface area contributed by atoms with Gasteiger partial charge in [0.2, 0.25) is 0 Å². The van der Waals surface area contributed by atoms with E-state index in [0.717, 1.165) is 5.69 Å². The number of H-pyrrole nitrogens is 1. The van der Waals surface area contributed by atoms with Crippen LogP contribution < -0.4 is 0 Å². The van der Waals surface area contributed by atoms with Crippen molar-refractivity contribution in [3.8, 4) is 11.1 Å². The topological polar surface area (TPSA) is 28.7 Å². The summed E-state index contributed by atoms with van der Waals surface area (Å²) in [5, 5.41) is 7.04. The summed E-state index contributed by atoms with van der Waals surface area (Å²) >= 11 is 0. The van der Waals surface area contributed by atoms with Crippen LogP contribution >= 0.6 is 0 Å². The van der Waals surface area contributed by atoms with Crippen LogP contribution in [0.3, 0.4) is 0 Å². The lowest BCUT2D eigenvalue weighted by Gasteiger charge is -2.08. The number of nitrogens with one attached hydrogen (secondary N) is 1. The second-order valence-corrected chi connectivity index (χ2v) is 4.16. The van der Waals surface area contributed by atoms with Crippen LogP contribution in [0.5, 0.6) is 0 Å². The van der Waals surface area contributed by atoms with Gasteiger partial charge in [-0.25, -0.2) is 0 Å². The largest absolute Gasteiger partial charge is 0.282 e. The summed E-state index contributed by atoms with van der Waals surface area (Å²) in [7, 11) is 0. The SMILES string of the molecule is Cc1cc(C)c(-c2cn[nH]c2C)cc1C. The molecule has 0 spiro atoms. The minimum Gasteiger partial charge on any atom is -0.282 e. The van der Waals surface area contributed by atoms with Gasteiger partial charge >= 0.3 is 0 Å². The van der Waals surface area contributed by atoms with E-state index in [2.05, 4.69) is 50.0 Å². The molecule has 0 fully saturated rings. The van der Waals surface area contributed by atoms with Crippen molar-refractivity contribution in [3.05, 3.63) is 40.7 Å². The Morgan fingerprint density at radius 3 is 2.13 bits per heavy atom. The quantitative estimate of drug-likeness (QED) is 0.751. The number of aromatic amines is 1. The second kappa shape index (κ2) is 3.54. The highest BCUT2D eigenvalue weighted by Crippen LogP contribution is 2.27. The monoisotopic (exact) mass is 200 g/mol. The third kappa shape index (κ3) is 1.67. The van der Waals surface area contributed by atoms with Gasteiger partial charge in [0.15, 0.2) is 0 Å². The molecule has 1 aromatic heterocycles. The Morgan fingerprint density at radius 1 is 0.867 bits per heavy atom. The Kier molecular flexibility index (Phi) is 2.35. The summed E-state index contributed by atoms with van der Waals surface area (Å²) in [6.45, 7) is 8.49. The van der Waals surface area contributed by atoms with E-state index in [0.29, 0.717) is 0 Å². The first-order valence-corrected chi connectivity index (χ1v) is 5.18. The Bertz CT molecular complexity index is 495. The van der Waals surface area contributed by atoms with E-state index in [-0.39, 0.29) is 0 Å². The Morgan fingerprint density at radius 2 is 1.53 bits per heavy atom. The molecule has 0 saturated heterocycles. The summed E-state index contributed by atoms with van der Waals surface area (Å²) in [6.07, 6.45) is 1.90. The number of aryl methyl sites for hydroxylation is 4. The predicted molar refractivity (Wildman–Crippen MR) is 63.0 cm³/mol. The number of aromatic nitrogens is 2. The molecule has 2 heteroatoms. The zero-order valence-electron chi connectivity index (χ0n) is 9.68. The van der Waals surface area contributed by atoms with Crippen LogP contribution in [0.2, 0.25) is 0 Å². The second-order valence-electron chi connectivity index (χ2n) is 4.16. The van der Waals surface area contributed by atoms with Crippen LogP contribution in [0.25, 0.3) is 11.1 Å². The van der Waals surface area contributed by atoms with Gasteiger partial charge in [0.25, 0.3) is 0 Å². The number of benzene rings is 1. The molecular weight excluding hydrogens is 184 g/mol.